The van der Waals surface area contributed by atoms with Crippen LogP contribution in [0.2, 0.25) is 5.02 Å². The van der Waals surface area contributed by atoms with Crippen LogP contribution in [-0.4, -0.2) is 10.9 Å². The first-order chi connectivity index (χ1) is 9.06. The van der Waals surface area contributed by atoms with Crippen molar-refractivity contribution in [3.8, 4) is 5.75 Å². The second kappa shape index (κ2) is 6.04. The molecule has 0 saturated carbocycles. The summed E-state index contributed by atoms with van der Waals surface area (Å²) in [5.41, 5.74) is 1.37. The SMILES string of the molecule is O=C(C=Cc1ccc(O)c(Cl)c1)c1ccc(Br)cc1. The van der Waals surface area contributed by atoms with Gasteiger partial charge in [-0.2, -0.15) is 0 Å². The predicted octanol–water partition coefficient (Wildman–Crippen LogP) is 4.70. The fourth-order valence-corrected chi connectivity index (χ4v) is 1.96. The van der Waals surface area contributed by atoms with Gasteiger partial charge < -0.3 is 5.11 Å². The number of carbonyl (C=O) groups is 1. The molecule has 1 N–H and O–H groups in total. The number of carbonyl (C=O) groups excluding carboxylic acids is 1. The standard InChI is InChI=1S/C15H10BrClO2/c16-12-5-3-11(4-6-12)14(18)7-1-10-2-8-15(19)13(17)9-10/h1-9,19H. The molecular formula is C15H10BrClO2. The Kier molecular flexibility index (Phi) is 4.40. The molecule has 2 nitrogen and oxygen atoms in total. The van der Waals surface area contributed by atoms with E-state index in [9.17, 15) is 9.90 Å². The smallest absolute Gasteiger partial charge is 0.185 e. The molecule has 0 aliphatic rings. The van der Waals surface area contributed by atoms with Gasteiger partial charge in [0.1, 0.15) is 5.75 Å². The van der Waals surface area contributed by atoms with E-state index in [1.54, 1.807) is 30.3 Å². The maximum Gasteiger partial charge on any atom is 0.185 e. The topological polar surface area (TPSA) is 37.3 Å². The van der Waals surface area contributed by atoms with Crippen molar-refractivity contribution in [3.63, 3.8) is 0 Å². The Morgan fingerprint density at radius 3 is 2.47 bits per heavy atom. The van der Waals surface area contributed by atoms with Crippen LogP contribution in [0.25, 0.3) is 6.08 Å². The molecule has 0 aromatic heterocycles. The number of rotatable bonds is 3. The van der Waals surface area contributed by atoms with Crippen molar-refractivity contribution >= 4 is 39.4 Å². The third kappa shape index (κ3) is 3.69. The van der Waals surface area contributed by atoms with Crippen molar-refractivity contribution in [1.82, 2.24) is 0 Å². The van der Waals surface area contributed by atoms with Crippen LogP contribution in [0.5, 0.6) is 5.75 Å². The van der Waals surface area contributed by atoms with Crippen LogP contribution in [0.4, 0.5) is 0 Å². The monoisotopic (exact) mass is 336 g/mol. The number of halogens is 2. The van der Waals surface area contributed by atoms with Crippen molar-refractivity contribution in [2.75, 3.05) is 0 Å². The summed E-state index contributed by atoms with van der Waals surface area (Å²) in [5.74, 6) is -0.0604. The second-order valence-electron chi connectivity index (χ2n) is 3.92. The van der Waals surface area contributed by atoms with Gasteiger partial charge in [0.15, 0.2) is 5.78 Å². The van der Waals surface area contributed by atoms with E-state index < -0.39 is 0 Å². The molecule has 2 rings (SSSR count). The molecule has 0 bridgehead atoms. The number of benzene rings is 2. The molecule has 2 aromatic rings. The number of allylic oxidation sites excluding steroid dienone is 1. The lowest BCUT2D eigenvalue weighted by Crippen LogP contribution is -1.93. The first-order valence-corrected chi connectivity index (χ1v) is 6.70. The van der Waals surface area contributed by atoms with Gasteiger partial charge in [0.2, 0.25) is 0 Å². The highest BCUT2D eigenvalue weighted by atomic mass is 79.9. The van der Waals surface area contributed by atoms with E-state index in [1.165, 1.54) is 12.1 Å². The van der Waals surface area contributed by atoms with Crippen LogP contribution >= 0.6 is 27.5 Å². The summed E-state index contributed by atoms with van der Waals surface area (Å²) in [6, 6.07) is 11.9. The Labute approximate surface area is 124 Å². The minimum absolute atomic E-state index is 0.0260. The van der Waals surface area contributed by atoms with Crippen LogP contribution in [0.15, 0.2) is 53.0 Å². The average molecular weight is 338 g/mol. The quantitative estimate of drug-likeness (QED) is 0.651. The Hall–Kier alpha value is -1.58. The van der Waals surface area contributed by atoms with Crippen LogP contribution in [0.1, 0.15) is 15.9 Å². The maximum absolute atomic E-state index is 11.9. The first kappa shape index (κ1) is 13.8. The van der Waals surface area contributed by atoms with Gasteiger partial charge >= 0.3 is 0 Å². The molecule has 0 aliphatic carbocycles. The zero-order valence-corrected chi connectivity index (χ0v) is 12.1. The molecule has 0 saturated heterocycles. The Bertz CT molecular complexity index is 633. The van der Waals surface area contributed by atoms with E-state index in [-0.39, 0.29) is 16.6 Å². The third-order valence-corrected chi connectivity index (χ3v) is 3.36. The van der Waals surface area contributed by atoms with E-state index in [1.807, 2.05) is 12.1 Å². The third-order valence-electron chi connectivity index (χ3n) is 2.53. The van der Waals surface area contributed by atoms with Gasteiger partial charge in [-0.3, -0.25) is 4.79 Å². The van der Waals surface area contributed by atoms with Crippen molar-refractivity contribution in [3.05, 3.63) is 69.2 Å². The maximum atomic E-state index is 11.9. The highest BCUT2D eigenvalue weighted by Crippen LogP contribution is 2.24. The molecule has 2 aromatic carbocycles. The molecular weight excluding hydrogens is 328 g/mol. The summed E-state index contributed by atoms with van der Waals surface area (Å²) < 4.78 is 0.929. The highest BCUT2D eigenvalue weighted by Gasteiger charge is 2.02. The predicted molar refractivity (Wildman–Crippen MR) is 80.6 cm³/mol. The fourth-order valence-electron chi connectivity index (χ4n) is 1.51. The molecule has 0 aliphatic heterocycles. The highest BCUT2D eigenvalue weighted by molar-refractivity contribution is 9.10. The van der Waals surface area contributed by atoms with Gasteiger partial charge in [0, 0.05) is 10.0 Å². The molecule has 0 atom stereocenters. The van der Waals surface area contributed by atoms with E-state index in [0.717, 1.165) is 10.0 Å². The number of phenols is 1. The molecule has 19 heavy (non-hydrogen) atoms. The minimum atomic E-state index is -0.0864. The lowest BCUT2D eigenvalue weighted by Gasteiger charge is -1.98. The zero-order chi connectivity index (χ0) is 13.8. The summed E-state index contributed by atoms with van der Waals surface area (Å²) in [6.45, 7) is 0. The second-order valence-corrected chi connectivity index (χ2v) is 5.24. The number of phenolic OH excluding ortho intramolecular Hbond substituents is 1. The van der Waals surface area contributed by atoms with Crippen molar-refractivity contribution < 1.29 is 9.90 Å². The molecule has 0 fully saturated rings. The Balaban J connectivity index is 2.15. The largest absolute Gasteiger partial charge is 0.506 e. The first-order valence-electron chi connectivity index (χ1n) is 5.53. The van der Waals surface area contributed by atoms with Gasteiger partial charge in [0.25, 0.3) is 0 Å². The number of ketones is 1. The molecule has 0 amide bonds. The molecule has 0 radical (unpaired) electrons. The van der Waals surface area contributed by atoms with Crippen LogP contribution in [-0.2, 0) is 0 Å². The van der Waals surface area contributed by atoms with Crippen LogP contribution in [0.3, 0.4) is 0 Å². The molecule has 4 heteroatoms. The van der Waals surface area contributed by atoms with Crippen molar-refractivity contribution in [1.29, 1.82) is 0 Å². The van der Waals surface area contributed by atoms with Crippen molar-refractivity contribution in [2.45, 2.75) is 0 Å². The van der Waals surface area contributed by atoms with E-state index >= 15 is 0 Å². The molecule has 96 valence electrons. The number of hydrogen-bond acceptors (Lipinski definition) is 2. The lowest BCUT2D eigenvalue weighted by molar-refractivity contribution is 0.104. The van der Waals surface area contributed by atoms with E-state index in [4.69, 9.17) is 11.6 Å². The zero-order valence-electron chi connectivity index (χ0n) is 9.81. The summed E-state index contributed by atoms with van der Waals surface area (Å²) in [6.07, 6.45) is 3.14. The van der Waals surface area contributed by atoms with E-state index in [2.05, 4.69) is 15.9 Å². The summed E-state index contributed by atoms with van der Waals surface area (Å²) in [5, 5.41) is 9.56. The number of aromatic hydroxyl groups is 1. The normalized spacial score (nSPS) is 10.8. The van der Waals surface area contributed by atoms with Gasteiger partial charge in [-0.1, -0.05) is 39.7 Å². The lowest BCUT2D eigenvalue weighted by atomic mass is 10.1. The molecule has 0 unspecified atom stereocenters. The van der Waals surface area contributed by atoms with E-state index in [0.29, 0.717) is 5.56 Å². The van der Waals surface area contributed by atoms with Gasteiger partial charge in [-0.25, -0.2) is 0 Å². The fraction of sp³-hybridized carbons (Fsp3) is 0. The molecule has 0 heterocycles. The van der Waals surface area contributed by atoms with Gasteiger partial charge in [-0.05, 0) is 48.0 Å². The average Bonchev–Trinajstić information content (AvgIpc) is 2.40. The van der Waals surface area contributed by atoms with Gasteiger partial charge in [0.05, 0.1) is 5.02 Å². The summed E-state index contributed by atoms with van der Waals surface area (Å²) in [7, 11) is 0. The van der Waals surface area contributed by atoms with Gasteiger partial charge in [-0.15, -0.1) is 0 Å². The summed E-state index contributed by atoms with van der Waals surface area (Å²) >= 11 is 9.11. The van der Waals surface area contributed by atoms with Crippen molar-refractivity contribution in [2.24, 2.45) is 0 Å². The Morgan fingerprint density at radius 2 is 1.84 bits per heavy atom. The molecule has 0 spiro atoms. The minimum Gasteiger partial charge on any atom is -0.506 e. The Morgan fingerprint density at radius 1 is 1.16 bits per heavy atom. The van der Waals surface area contributed by atoms with Crippen LogP contribution < -0.4 is 0 Å². The number of hydrogen-bond donors (Lipinski definition) is 1. The van der Waals surface area contributed by atoms with Crippen LogP contribution in [0, 0.1) is 0 Å². The summed E-state index contributed by atoms with van der Waals surface area (Å²) in [4.78, 5) is 11.9.